The van der Waals surface area contributed by atoms with Crippen LogP contribution in [0.3, 0.4) is 0 Å². The molecule has 8 nitrogen and oxygen atoms in total. The van der Waals surface area contributed by atoms with E-state index in [1.165, 1.54) is 5.56 Å². The second-order valence-corrected chi connectivity index (χ2v) is 10.6. The van der Waals surface area contributed by atoms with Gasteiger partial charge in [-0.05, 0) is 65.4 Å². The minimum absolute atomic E-state index is 0.0793. The first kappa shape index (κ1) is 27.7. The molecule has 0 unspecified atom stereocenters. The van der Waals surface area contributed by atoms with Crippen LogP contribution in [0.5, 0.6) is 5.75 Å². The van der Waals surface area contributed by atoms with E-state index < -0.39 is 12.0 Å². The summed E-state index contributed by atoms with van der Waals surface area (Å²) in [7, 11) is 0. The van der Waals surface area contributed by atoms with Crippen LogP contribution in [-0.4, -0.2) is 52.3 Å². The number of rotatable bonds is 12. The molecule has 1 aromatic heterocycles. The number of halogens is 1. The Hall–Kier alpha value is -3.85. The Kier molecular flexibility index (Phi) is 8.12. The fraction of sp³-hybridized carbons (Fsp3) is 0.290. The average molecular weight is 562 g/mol. The Morgan fingerprint density at radius 1 is 1.12 bits per heavy atom. The highest BCUT2D eigenvalue weighted by atomic mass is 35.5. The van der Waals surface area contributed by atoms with Crippen LogP contribution in [-0.2, 0) is 11.3 Å². The van der Waals surface area contributed by atoms with Crippen molar-refractivity contribution in [3.63, 3.8) is 0 Å². The number of carbonyl (C=O) groups is 2. The number of amides is 1. The molecule has 208 valence electrons. The minimum Gasteiger partial charge on any atom is -0.485 e. The van der Waals surface area contributed by atoms with Gasteiger partial charge < -0.3 is 30.6 Å². The van der Waals surface area contributed by atoms with Crippen LogP contribution in [0.15, 0.2) is 61.3 Å². The van der Waals surface area contributed by atoms with Gasteiger partial charge in [-0.15, -0.1) is 0 Å². The quantitative estimate of drug-likeness (QED) is 0.190. The first-order valence-corrected chi connectivity index (χ1v) is 13.7. The van der Waals surface area contributed by atoms with Gasteiger partial charge in [-0.2, -0.15) is 0 Å². The summed E-state index contributed by atoms with van der Waals surface area (Å²) in [6.07, 6.45) is 2.96. The topological polar surface area (TPSA) is 127 Å². The monoisotopic (exact) mass is 561 g/mol. The number of aromatic nitrogens is 1. The van der Waals surface area contributed by atoms with Gasteiger partial charge in [0, 0.05) is 58.5 Å². The lowest BCUT2D eigenvalue weighted by molar-refractivity contribution is -0.129. The maximum atomic E-state index is 13.5. The summed E-state index contributed by atoms with van der Waals surface area (Å²) in [6.45, 7) is 3.85. The molecule has 40 heavy (non-hydrogen) atoms. The first-order chi connectivity index (χ1) is 19.2. The molecule has 1 atom stereocenters. The highest BCUT2D eigenvalue weighted by Gasteiger charge is 2.25. The minimum atomic E-state index is -1.23. The van der Waals surface area contributed by atoms with Crippen LogP contribution in [0.2, 0.25) is 5.02 Å². The summed E-state index contributed by atoms with van der Waals surface area (Å²) in [5.74, 6) is 0.223. The first-order valence-electron chi connectivity index (χ1n) is 13.3. The van der Waals surface area contributed by atoms with Crippen molar-refractivity contribution in [1.29, 1.82) is 0 Å². The predicted molar refractivity (Wildman–Crippen MR) is 157 cm³/mol. The van der Waals surface area contributed by atoms with E-state index in [9.17, 15) is 14.7 Å². The number of Topliss-reactive ketones (excluding diaryl/α,β-unsaturated/α-hetero) is 1. The lowest BCUT2D eigenvalue weighted by Crippen LogP contribution is -2.36. The van der Waals surface area contributed by atoms with Crippen LogP contribution >= 0.6 is 11.6 Å². The van der Waals surface area contributed by atoms with Crippen molar-refractivity contribution in [2.45, 2.75) is 37.8 Å². The van der Waals surface area contributed by atoms with Crippen molar-refractivity contribution in [2.75, 3.05) is 19.8 Å². The lowest BCUT2D eigenvalue weighted by atomic mass is 10.0. The summed E-state index contributed by atoms with van der Waals surface area (Å²) in [5, 5.41) is 24.9. The predicted octanol–water partition coefficient (Wildman–Crippen LogP) is 4.38. The van der Waals surface area contributed by atoms with E-state index in [4.69, 9.17) is 27.2 Å². The number of aliphatic hydroxyl groups excluding tert-OH is 2. The summed E-state index contributed by atoms with van der Waals surface area (Å²) in [5.41, 5.74) is 9.52. The molecule has 3 aromatic carbocycles. The van der Waals surface area contributed by atoms with Crippen molar-refractivity contribution in [2.24, 2.45) is 5.73 Å². The molecule has 0 spiro atoms. The summed E-state index contributed by atoms with van der Waals surface area (Å²) in [4.78, 5) is 25.6. The molecule has 1 aliphatic rings. The Labute approximate surface area is 237 Å². The van der Waals surface area contributed by atoms with Gasteiger partial charge in [-0.1, -0.05) is 36.4 Å². The Balaban J connectivity index is 1.39. The van der Waals surface area contributed by atoms with Gasteiger partial charge in [0.25, 0.3) is 0 Å². The fourth-order valence-electron chi connectivity index (χ4n) is 4.92. The summed E-state index contributed by atoms with van der Waals surface area (Å²) < 4.78 is 7.91. The number of ketones is 1. The van der Waals surface area contributed by atoms with Crippen molar-refractivity contribution in [1.82, 2.24) is 9.88 Å². The van der Waals surface area contributed by atoms with E-state index in [1.54, 1.807) is 12.3 Å². The maximum Gasteiger partial charge on any atom is 0.248 e. The van der Waals surface area contributed by atoms with Gasteiger partial charge in [0.15, 0.2) is 6.61 Å². The summed E-state index contributed by atoms with van der Waals surface area (Å²) in [6, 6.07) is 15.3. The number of carbonyl (C=O) groups excluding carboxylic acids is 2. The number of nitrogens with zero attached hydrogens (tertiary/aromatic N) is 1. The molecule has 0 bridgehead atoms. The second kappa shape index (κ2) is 11.7. The zero-order chi connectivity index (χ0) is 28.4. The van der Waals surface area contributed by atoms with E-state index in [-0.39, 0.29) is 32.0 Å². The molecule has 0 radical (unpaired) electrons. The molecule has 1 heterocycles. The van der Waals surface area contributed by atoms with Crippen LogP contribution in [0.4, 0.5) is 0 Å². The average Bonchev–Trinajstić information content (AvgIpc) is 3.74. The van der Waals surface area contributed by atoms with Crippen molar-refractivity contribution >= 4 is 50.7 Å². The smallest absolute Gasteiger partial charge is 0.248 e. The van der Waals surface area contributed by atoms with E-state index >= 15 is 0 Å². The van der Waals surface area contributed by atoms with E-state index in [1.807, 2.05) is 34.9 Å². The SMILES string of the molecule is C=C(N)c1cc2cc(Cl)ccc2cc1OCC(=O)c1cn(CC[C@H](O)C(=O)NCCO)c2cc(C3CC3)ccc12. The van der Waals surface area contributed by atoms with Gasteiger partial charge in [0.1, 0.15) is 11.9 Å². The number of nitrogens with one attached hydrogen (secondary N) is 1. The van der Waals surface area contributed by atoms with Gasteiger partial charge in [-0.3, -0.25) is 9.59 Å². The molecule has 5 N–H and O–H groups in total. The highest BCUT2D eigenvalue weighted by molar-refractivity contribution is 6.31. The van der Waals surface area contributed by atoms with Crippen molar-refractivity contribution in [3.8, 4) is 5.75 Å². The molecule has 0 saturated heterocycles. The lowest BCUT2D eigenvalue weighted by Gasteiger charge is -2.13. The van der Waals surface area contributed by atoms with E-state index in [0.29, 0.717) is 40.1 Å². The Bertz CT molecular complexity index is 1610. The highest BCUT2D eigenvalue weighted by Crippen LogP contribution is 2.41. The van der Waals surface area contributed by atoms with E-state index in [0.717, 1.165) is 34.5 Å². The number of fused-ring (bicyclic) bond motifs is 2. The largest absolute Gasteiger partial charge is 0.485 e. The van der Waals surface area contributed by atoms with Crippen LogP contribution in [0, 0.1) is 0 Å². The maximum absolute atomic E-state index is 13.5. The van der Waals surface area contributed by atoms with Gasteiger partial charge in [-0.25, -0.2) is 0 Å². The van der Waals surface area contributed by atoms with Gasteiger partial charge in [0.05, 0.1) is 6.61 Å². The number of ether oxygens (including phenoxy) is 1. The number of hydrogen-bond donors (Lipinski definition) is 4. The molecule has 1 amide bonds. The standard InChI is InChI=1S/C31H32ClN3O5/c1-18(33)25-13-22-12-23(32)6-4-21(22)15-30(25)40-17-29(38)26-16-35(10-8-28(37)31(39)34-9-11-36)27-14-20(19-2-3-19)5-7-24(26)27/h4-7,12-16,19,28,36-37H,1-3,8-11,17,33H2,(H,34,39)/t28-/m0/s1. The summed E-state index contributed by atoms with van der Waals surface area (Å²) >= 11 is 6.14. The van der Waals surface area contributed by atoms with Crippen LogP contribution in [0.1, 0.15) is 46.7 Å². The number of aliphatic hydroxyl groups is 2. The molecule has 1 aliphatic carbocycles. The fourth-order valence-corrected chi connectivity index (χ4v) is 5.10. The molecule has 1 saturated carbocycles. The zero-order valence-electron chi connectivity index (χ0n) is 22.0. The van der Waals surface area contributed by atoms with Gasteiger partial charge in [0.2, 0.25) is 11.7 Å². The van der Waals surface area contributed by atoms with Gasteiger partial charge >= 0.3 is 0 Å². The van der Waals surface area contributed by atoms with Crippen molar-refractivity contribution < 1.29 is 24.5 Å². The van der Waals surface area contributed by atoms with Crippen LogP contribution < -0.4 is 15.8 Å². The number of aryl methyl sites for hydroxylation is 1. The third kappa shape index (κ3) is 5.99. The molecular formula is C31H32ClN3O5. The molecular weight excluding hydrogens is 530 g/mol. The number of nitrogens with two attached hydrogens (primary N) is 1. The molecule has 0 aliphatic heterocycles. The molecule has 5 rings (SSSR count). The Morgan fingerprint density at radius 3 is 2.65 bits per heavy atom. The van der Waals surface area contributed by atoms with E-state index in [2.05, 4.69) is 24.0 Å². The van der Waals surface area contributed by atoms with Crippen LogP contribution in [0.25, 0.3) is 27.4 Å². The Morgan fingerprint density at radius 2 is 1.93 bits per heavy atom. The zero-order valence-corrected chi connectivity index (χ0v) is 22.8. The number of hydrogen-bond acceptors (Lipinski definition) is 6. The number of benzene rings is 3. The molecule has 9 heteroatoms. The molecule has 1 fully saturated rings. The third-order valence-corrected chi connectivity index (χ3v) is 7.45. The molecule has 4 aromatic rings. The normalized spacial score (nSPS) is 13.9. The third-order valence-electron chi connectivity index (χ3n) is 7.22. The van der Waals surface area contributed by atoms with Crippen molar-refractivity contribution in [3.05, 3.63) is 83.0 Å². The second-order valence-electron chi connectivity index (χ2n) is 10.2.